The standard InChI is InChI=1S/C31H46N2O3/c1-7-9-10-11-12-13-20-32-26-17-18-27-28(23-26)33(6)31(34)30(35-21-8-2)29(27)36-22-19-25(5)16-14-15-24(3)4/h8,15,17-19,23,32H,2,7,9-14,16,20-22H2,1,3-6H3. The summed E-state index contributed by atoms with van der Waals surface area (Å²) in [7, 11) is 1.78. The predicted octanol–water partition coefficient (Wildman–Crippen LogP) is 7.95. The van der Waals surface area contributed by atoms with Crippen molar-refractivity contribution in [1.82, 2.24) is 4.57 Å². The molecule has 0 aliphatic carbocycles. The van der Waals surface area contributed by atoms with Crippen LogP contribution in [0.15, 0.2) is 58.9 Å². The molecule has 5 heteroatoms. The largest absolute Gasteiger partial charge is 0.485 e. The molecule has 36 heavy (non-hydrogen) atoms. The second-order valence-electron chi connectivity index (χ2n) is 9.73. The number of hydrogen-bond donors (Lipinski definition) is 1. The number of nitrogens with one attached hydrogen (secondary N) is 1. The molecule has 0 spiro atoms. The minimum atomic E-state index is -0.211. The lowest BCUT2D eigenvalue weighted by molar-refractivity contribution is 0.305. The fourth-order valence-corrected chi connectivity index (χ4v) is 4.10. The van der Waals surface area contributed by atoms with Crippen molar-refractivity contribution < 1.29 is 9.47 Å². The van der Waals surface area contributed by atoms with Gasteiger partial charge in [-0.1, -0.05) is 68.9 Å². The van der Waals surface area contributed by atoms with Crippen molar-refractivity contribution in [2.24, 2.45) is 7.05 Å². The molecule has 0 radical (unpaired) electrons. The predicted molar refractivity (Wildman–Crippen MR) is 155 cm³/mol. The van der Waals surface area contributed by atoms with E-state index in [-0.39, 0.29) is 17.9 Å². The molecule has 0 saturated carbocycles. The molecule has 0 bridgehead atoms. The van der Waals surface area contributed by atoms with Crippen molar-refractivity contribution in [3.05, 3.63) is 64.5 Å². The van der Waals surface area contributed by atoms with Gasteiger partial charge in [0, 0.05) is 24.7 Å². The van der Waals surface area contributed by atoms with Crippen molar-refractivity contribution in [2.75, 3.05) is 25.1 Å². The average Bonchev–Trinajstić information content (AvgIpc) is 2.85. The van der Waals surface area contributed by atoms with E-state index in [1.807, 2.05) is 12.1 Å². The van der Waals surface area contributed by atoms with Gasteiger partial charge in [0.05, 0.1) is 5.52 Å². The van der Waals surface area contributed by atoms with E-state index in [0.29, 0.717) is 12.4 Å². The van der Waals surface area contributed by atoms with E-state index >= 15 is 0 Å². The van der Waals surface area contributed by atoms with E-state index in [1.54, 1.807) is 17.7 Å². The lowest BCUT2D eigenvalue weighted by Crippen LogP contribution is -2.21. The summed E-state index contributed by atoms with van der Waals surface area (Å²) in [6.45, 7) is 13.8. The molecular formula is C31H46N2O3. The molecule has 5 nitrogen and oxygen atoms in total. The lowest BCUT2D eigenvalue weighted by atomic mass is 10.1. The van der Waals surface area contributed by atoms with Gasteiger partial charge in [-0.2, -0.15) is 0 Å². The van der Waals surface area contributed by atoms with Crippen molar-refractivity contribution in [3.8, 4) is 11.5 Å². The highest BCUT2D eigenvalue weighted by Gasteiger charge is 2.18. The number of fused-ring (bicyclic) bond motifs is 1. The molecule has 198 valence electrons. The topological polar surface area (TPSA) is 52.5 Å². The fraction of sp³-hybridized carbons (Fsp3) is 0.516. The van der Waals surface area contributed by atoms with Gasteiger partial charge >= 0.3 is 0 Å². The van der Waals surface area contributed by atoms with Crippen LogP contribution >= 0.6 is 0 Å². The first-order chi connectivity index (χ1) is 17.4. The Balaban J connectivity index is 2.21. The number of benzene rings is 1. The Morgan fingerprint density at radius 3 is 2.44 bits per heavy atom. The van der Waals surface area contributed by atoms with Crippen LogP contribution in [0.25, 0.3) is 10.9 Å². The summed E-state index contributed by atoms with van der Waals surface area (Å²) in [6.07, 6.45) is 15.5. The number of rotatable bonds is 17. The van der Waals surface area contributed by atoms with Gasteiger partial charge in [-0.25, -0.2) is 0 Å². The minimum Gasteiger partial charge on any atom is -0.485 e. The fourth-order valence-electron chi connectivity index (χ4n) is 4.10. The Kier molecular flexibility index (Phi) is 13.0. The normalized spacial score (nSPS) is 11.4. The highest BCUT2D eigenvalue weighted by molar-refractivity contribution is 5.90. The molecule has 2 aromatic rings. The van der Waals surface area contributed by atoms with Crippen LogP contribution in [0, 0.1) is 0 Å². The number of nitrogens with zero attached hydrogens (tertiary/aromatic N) is 1. The lowest BCUT2D eigenvalue weighted by Gasteiger charge is -2.17. The molecular weight excluding hydrogens is 448 g/mol. The van der Waals surface area contributed by atoms with Crippen LogP contribution in [0.4, 0.5) is 5.69 Å². The smallest absolute Gasteiger partial charge is 0.297 e. The third-order valence-electron chi connectivity index (χ3n) is 6.26. The molecule has 0 unspecified atom stereocenters. The number of pyridine rings is 1. The maximum Gasteiger partial charge on any atom is 0.297 e. The van der Waals surface area contributed by atoms with Crippen molar-refractivity contribution in [3.63, 3.8) is 0 Å². The second-order valence-corrected chi connectivity index (χ2v) is 9.73. The summed E-state index contributed by atoms with van der Waals surface area (Å²) in [6, 6.07) is 6.09. The van der Waals surface area contributed by atoms with Gasteiger partial charge in [0.25, 0.3) is 5.56 Å². The number of aryl methyl sites for hydroxylation is 1. The van der Waals surface area contributed by atoms with Gasteiger partial charge in [0.15, 0.2) is 5.75 Å². The van der Waals surface area contributed by atoms with E-state index < -0.39 is 0 Å². The maximum atomic E-state index is 13.2. The van der Waals surface area contributed by atoms with Crippen LogP contribution in [-0.4, -0.2) is 24.3 Å². The molecule has 1 heterocycles. The maximum absolute atomic E-state index is 13.2. The van der Waals surface area contributed by atoms with E-state index in [0.717, 1.165) is 42.4 Å². The van der Waals surface area contributed by atoms with E-state index in [1.165, 1.54) is 43.3 Å². The van der Waals surface area contributed by atoms with Gasteiger partial charge < -0.3 is 19.4 Å². The van der Waals surface area contributed by atoms with Crippen LogP contribution in [0.5, 0.6) is 11.5 Å². The van der Waals surface area contributed by atoms with E-state index in [2.05, 4.69) is 57.8 Å². The number of allylic oxidation sites excluding steroid dienone is 3. The minimum absolute atomic E-state index is 0.211. The molecule has 0 atom stereocenters. The number of anilines is 1. The Morgan fingerprint density at radius 2 is 1.72 bits per heavy atom. The van der Waals surface area contributed by atoms with Gasteiger partial charge in [-0.15, -0.1) is 0 Å². The Bertz CT molecular complexity index is 1090. The van der Waals surface area contributed by atoms with Crippen LogP contribution < -0.4 is 20.3 Å². The van der Waals surface area contributed by atoms with Crippen LogP contribution in [0.3, 0.4) is 0 Å². The Morgan fingerprint density at radius 1 is 1.00 bits per heavy atom. The summed E-state index contributed by atoms with van der Waals surface area (Å²) in [5.74, 6) is 0.721. The molecule has 0 fully saturated rings. The van der Waals surface area contributed by atoms with Crippen LogP contribution in [-0.2, 0) is 7.05 Å². The first kappa shape index (κ1) is 29.3. The molecule has 1 aromatic carbocycles. The molecule has 0 amide bonds. The van der Waals surface area contributed by atoms with Crippen LogP contribution in [0.1, 0.15) is 79.1 Å². The van der Waals surface area contributed by atoms with E-state index in [9.17, 15) is 4.79 Å². The first-order valence-corrected chi connectivity index (χ1v) is 13.4. The van der Waals surface area contributed by atoms with Crippen molar-refractivity contribution in [2.45, 2.75) is 79.1 Å². The highest BCUT2D eigenvalue weighted by Crippen LogP contribution is 2.34. The zero-order valence-electron chi connectivity index (χ0n) is 23.1. The summed E-state index contributed by atoms with van der Waals surface area (Å²) < 4.78 is 13.6. The van der Waals surface area contributed by atoms with Gasteiger partial charge in [0.1, 0.15) is 13.2 Å². The van der Waals surface area contributed by atoms with E-state index in [4.69, 9.17) is 9.47 Å². The molecule has 0 saturated heterocycles. The van der Waals surface area contributed by atoms with Gasteiger partial charge in [0.2, 0.25) is 5.75 Å². The van der Waals surface area contributed by atoms with Crippen molar-refractivity contribution >= 4 is 16.6 Å². The summed E-state index contributed by atoms with van der Waals surface area (Å²) >= 11 is 0. The Labute approximate surface area is 217 Å². The Hall–Kier alpha value is -2.95. The highest BCUT2D eigenvalue weighted by atomic mass is 16.5. The third kappa shape index (κ3) is 9.25. The van der Waals surface area contributed by atoms with Crippen LogP contribution in [0.2, 0.25) is 0 Å². The number of hydrogen-bond acceptors (Lipinski definition) is 4. The third-order valence-corrected chi connectivity index (χ3v) is 6.26. The number of aromatic nitrogens is 1. The van der Waals surface area contributed by atoms with Gasteiger partial charge in [-0.05, 0) is 64.3 Å². The molecule has 1 N–H and O–H groups in total. The monoisotopic (exact) mass is 494 g/mol. The molecule has 0 aliphatic heterocycles. The van der Waals surface area contributed by atoms with Gasteiger partial charge in [-0.3, -0.25) is 4.79 Å². The molecule has 1 aromatic heterocycles. The zero-order valence-corrected chi connectivity index (χ0v) is 23.1. The SMILES string of the molecule is C=CCOc1c(OCC=C(C)CCC=C(C)C)c2ccc(NCCCCCCCC)cc2n(C)c1=O. The summed E-state index contributed by atoms with van der Waals surface area (Å²) in [4.78, 5) is 13.2. The first-order valence-electron chi connectivity index (χ1n) is 13.4. The number of unbranched alkanes of at least 4 members (excludes halogenated alkanes) is 5. The second kappa shape index (κ2) is 15.9. The quantitative estimate of drug-likeness (QED) is 0.179. The molecule has 2 rings (SSSR count). The molecule has 0 aliphatic rings. The summed E-state index contributed by atoms with van der Waals surface area (Å²) in [5.41, 5.74) is 4.20. The van der Waals surface area contributed by atoms with Crippen molar-refractivity contribution in [1.29, 1.82) is 0 Å². The average molecular weight is 495 g/mol. The summed E-state index contributed by atoms with van der Waals surface area (Å²) in [5, 5.41) is 4.37. The number of ether oxygens (including phenoxy) is 2. The zero-order chi connectivity index (χ0) is 26.3.